The summed E-state index contributed by atoms with van der Waals surface area (Å²) in [6.45, 7) is 4.01. The van der Waals surface area contributed by atoms with E-state index in [0.29, 0.717) is 0 Å². The highest BCUT2D eigenvalue weighted by Gasteiger charge is 2.23. The summed E-state index contributed by atoms with van der Waals surface area (Å²) in [6.07, 6.45) is 0. The molecule has 1 fully saturated rings. The first-order valence-electron chi connectivity index (χ1n) is 5.56. The van der Waals surface area contributed by atoms with Crippen LogP contribution < -0.4 is 21.3 Å². The van der Waals surface area contributed by atoms with Gasteiger partial charge in [-0.05, 0) is 13.8 Å². The average molecular weight is 242 g/mol. The van der Waals surface area contributed by atoms with Crippen LogP contribution in [-0.4, -0.2) is 49.4 Å². The standard InChI is InChI=1S/C10H18N4O3/c1-6(2)14-9(16)5-13-10(17)7-3-12-8(15)4-11-7/h6-7,11H,3-5H2,1-2H3,(H,12,15)(H,13,17)(H,14,16). The monoisotopic (exact) mass is 242 g/mol. The third-order valence-corrected chi connectivity index (χ3v) is 2.20. The molecule has 1 saturated heterocycles. The Bertz CT molecular complexity index is 307. The maximum atomic E-state index is 11.6. The number of carbonyl (C=O) groups is 3. The minimum atomic E-state index is -0.473. The van der Waals surface area contributed by atoms with Crippen molar-refractivity contribution in [3.8, 4) is 0 Å². The van der Waals surface area contributed by atoms with Crippen LogP contribution >= 0.6 is 0 Å². The lowest BCUT2D eigenvalue weighted by Crippen LogP contribution is -2.58. The maximum Gasteiger partial charge on any atom is 0.239 e. The van der Waals surface area contributed by atoms with Crippen LogP contribution in [0.4, 0.5) is 0 Å². The molecule has 0 spiro atoms. The van der Waals surface area contributed by atoms with Gasteiger partial charge in [0, 0.05) is 12.6 Å². The molecule has 3 amide bonds. The van der Waals surface area contributed by atoms with Gasteiger partial charge in [-0.2, -0.15) is 0 Å². The molecule has 0 aliphatic carbocycles. The molecule has 17 heavy (non-hydrogen) atoms. The fourth-order valence-electron chi connectivity index (χ4n) is 1.42. The average Bonchev–Trinajstić information content (AvgIpc) is 2.26. The highest BCUT2D eigenvalue weighted by molar-refractivity contribution is 5.89. The number of hydrogen-bond donors (Lipinski definition) is 4. The van der Waals surface area contributed by atoms with Crippen molar-refractivity contribution in [1.29, 1.82) is 0 Å². The molecule has 0 aromatic rings. The molecule has 0 saturated carbocycles. The molecule has 96 valence electrons. The van der Waals surface area contributed by atoms with Crippen LogP contribution in [0.5, 0.6) is 0 Å². The van der Waals surface area contributed by atoms with E-state index in [1.165, 1.54) is 0 Å². The van der Waals surface area contributed by atoms with Gasteiger partial charge in [-0.25, -0.2) is 0 Å². The van der Waals surface area contributed by atoms with E-state index in [1.807, 2.05) is 13.8 Å². The number of carbonyl (C=O) groups excluding carboxylic acids is 3. The quantitative estimate of drug-likeness (QED) is 0.446. The molecule has 1 rings (SSSR count). The van der Waals surface area contributed by atoms with Crippen molar-refractivity contribution < 1.29 is 14.4 Å². The molecule has 0 aromatic heterocycles. The van der Waals surface area contributed by atoms with Crippen molar-refractivity contribution in [2.45, 2.75) is 25.9 Å². The van der Waals surface area contributed by atoms with Crippen molar-refractivity contribution in [2.24, 2.45) is 0 Å². The molecular weight excluding hydrogens is 224 g/mol. The van der Waals surface area contributed by atoms with Gasteiger partial charge < -0.3 is 16.0 Å². The zero-order valence-corrected chi connectivity index (χ0v) is 10.0. The van der Waals surface area contributed by atoms with E-state index in [1.54, 1.807) is 0 Å². The Labute approximate surface area is 99.7 Å². The van der Waals surface area contributed by atoms with Gasteiger partial charge in [0.1, 0.15) is 6.04 Å². The van der Waals surface area contributed by atoms with Crippen molar-refractivity contribution in [3.05, 3.63) is 0 Å². The Morgan fingerprint density at radius 3 is 2.71 bits per heavy atom. The molecule has 0 radical (unpaired) electrons. The highest BCUT2D eigenvalue weighted by Crippen LogP contribution is 1.88. The van der Waals surface area contributed by atoms with Crippen LogP contribution in [0.1, 0.15) is 13.8 Å². The summed E-state index contributed by atoms with van der Waals surface area (Å²) in [5.74, 6) is -0.649. The zero-order valence-electron chi connectivity index (χ0n) is 10.0. The van der Waals surface area contributed by atoms with Crippen LogP contribution in [0, 0.1) is 0 Å². The number of rotatable bonds is 4. The van der Waals surface area contributed by atoms with Gasteiger partial charge in [0.25, 0.3) is 0 Å². The van der Waals surface area contributed by atoms with Gasteiger partial charge in [-0.3, -0.25) is 19.7 Å². The Kier molecular flexibility index (Phi) is 4.89. The third kappa shape index (κ3) is 4.81. The second kappa shape index (κ2) is 6.19. The minimum absolute atomic E-state index is 0.0477. The fourth-order valence-corrected chi connectivity index (χ4v) is 1.42. The highest BCUT2D eigenvalue weighted by atomic mass is 16.2. The van der Waals surface area contributed by atoms with E-state index in [2.05, 4.69) is 21.3 Å². The van der Waals surface area contributed by atoms with Crippen LogP contribution in [0.2, 0.25) is 0 Å². The van der Waals surface area contributed by atoms with E-state index in [-0.39, 0.29) is 43.4 Å². The van der Waals surface area contributed by atoms with Gasteiger partial charge in [0.05, 0.1) is 13.1 Å². The van der Waals surface area contributed by atoms with Gasteiger partial charge >= 0.3 is 0 Å². The molecule has 1 heterocycles. The predicted octanol–water partition coefficient (Wildman–Crippen LogP) is -2.28. The van der Waals surface area contributed by atoms with Gasteiger partial charge in [0.15, 0.2) is 0 Å². The van der Waals surface area contributed by atoms with Crippen molar-refractivity contribution in [2.75, 3.05) is 19.6 Å². The lowest BCUT2D eigenvalue weighted by molar-refractivity contribution is -0.129. The third-order valence-electron chi connectivity index (χ3n) is 2.20. The Hall–Kier alpha value is -1.63. The van der Waals surface area contributed by atoms with E-state index in [4.69, 9.17) is 0 Å². The number of hydrogen-bond acceptors (Lipinski definition) is 4. The lowest BCUT2D eigenvalue weighted by atomic mass is 10.2. The topological polar surface area (TPSA) is 99.3 Å². The van der Waals surface area contributed by atoms with Crippen molar-refractivity contribution in [3.63, 3.8) is 0 Å². The molecule has 0 aromatic carbocycles. The number of piperazine rings is 1. The summed E-state index contributed by atoms with van der Waals surface area (Å²) in [5, 5.41) is 10.5. The minimum Gasteiger partial charge on any atom is -0.353 e. The molecule has 1 aliphatic rings. The second-order valence-corrected chi connectivity index (χ2v) is 4.18. The number of amides is 3. The Balaban J connectivity index is 2.25. The SMILES string of the molecule is CC(C)NC(=O)CNC(=O)C1CNC(=O)CN1. The van der Waals surface area contributed by atoms with E-state index in [9.17, 15) is 14.4 Å². The van der Waals surface area contributed by atoms with Gasteiger partial charge in [-0.15, -0.1) is 0 Å². The van der Waals surface area contributed by atoms with Crippen LogP contribution in [-0.2, 0) is 14.4 Å². The summed E-state index contributed by atoms with van der Waals surface area (Å²) in [5.41, 5.74) is 0. The molecular formula is C10H18N4O3. The molecule has 7 heteroatoms. The summed E-state index contributed by atoms with van der Waals surface area (Å²) in [4.78, 5) is 33.7. The first-order valence-corrected chi connectivity index (χ1v) is 5.56. The summed E-state index contributed by atoms with van der Waals surface area (Å²) >= 11 is 0. The first kappa shape index (κ1) is 13.4. The maximum absolute atomic E-state index is 11.6. The smallest absolute Gasteiger partial charge is 0.239 e. The normalized spacial score (nSPS) is 19.7. The second-order valence-electron chi connectivity index (χ2n) is 4.18. The fraction of sp³-hybridized carbons (Fsp3) is 0.700. The summed E-state index contributed by atoms with van der Waals surface area (Å²) in [7, 11) is 0. The molecule has 7 nitrogen and oxygen atoms in total. The summed E-state index contributed by atoms with van der Waals surface area (Å²) < 4.78 is 0. The summed E-state index contributed by atoms with van der Waals surface area (Å²) in [6, 6.07) is -0.425. The predicted molar refractivity (Wildman–Crippen MR) is 61.1 cm³/mol. The lowest BCUT2D eigenvalue weighted by Gasteiger charge is -2.23. The van der Waals surface area contributed by atoms with Crippen LogP contribution in [0.15, 0.2) is 0 Å². The number of nitrogens with one attached hydrogen (secondary N) is 4. The molecule has 4 N–H and O–H groups in total. The van der Waals surface area contributed by atoms with Crippen molar-refractivity contribution >= 4 is 17.7 Å². The van der Waals surface area contributed by atoms with Gasteiger partial charge in [0.2, 0.25) is 17.7 Å². The Morgan fingerprint density at radius 2 is 2.18 bits per heavy atom. The van der Waals surface area contributed by atoms with Gasteiger partial charge in [-0.1, -0.05) is 0 Å². The molecule has 0 bridgehead atoms. The zero-order chi connectivity index (χ0) is 12.8. The first-order chi connectivity index (χ1) is 7.99. The van der Waals surface area contributed by atoms with Crippen LogP contribution in [0.3, 0.4) is 0 Å². The molecule has 1 unspecified atom stereocenters. The van der Waals surface area contributed by atoms with Crippen LogP contribution in [0.25, 0.3) is 0 Å². The Morgan fingerprint density at radius 1 is 1.47 bits per heavy atom. The van der Waals surface area contributed by atoms with E-state index >= 15 is 0 Å². The largest absolute Gasteiger partial charge is 0.353 e. The van der Waals surface area contributed by atoms with E-state index in [0.717, 1.165) is 0 Å². The van der Waals surface area contributed by atoms with Crippen molar-refractivity contribution in [1.82, 2.24) is 21.3 Å². The molecule has 1 atom stereocenters. The van der Waals surface area contributed by atoms with E-state index < -0.39 is 6.04 Å². The molecule has 1 aliphatic heterocycles.